The third-order valence-corrected chi connectivity index (χ3v) is 7.71. The second-order valence-corrected chi connectivity index (χ2v) is 9.35. The molecule has 0 bridgehead atoms. The van der Waals surface area contributed by atoms with Crippen LogP contribution in [0, 0.1) is 5.92 Å². The molecule has 4 aliphatic rings. The Kier molecular flexibility index (Phi) is 3.74. The fourth-order valence-electron chi connectivity index (χ4n) is 6.38. The van der Waals surface area contributed by atoms with Crippen molar-refractivity contribution in [2.75, 3.05) is 13.6 Å². The lowest BCUT2D eigenvalue weighted by Gasteiger charge is -2.59. The topological polar surface area (TPSA) is 52.9 Å². The van der Waals surface area contributed by atoms with E-state index in [1.165, 1.54) is 18.4 Å². The van der Waals surface area contributed by atoms with Gasteiger partial charge in [-0.15, -0.1) is 0 Å². The van der Waals surface area contributed by atoms with Crippen LogP contribution in [-0.4, -0.2) is 46.5 Å². The van der Waals surface area contributed by atoms with Crippen molar-refractivity contribution in [1.82, 2.24) is 4.90 Å². The molecule has 3 unspecified atom stereocenters. The number of hydrogen-bond acceptors (Lipinski definition) is 4. The molecule has 4 heteroatoms. The van der Waals surface area contributed by atoms with E-state index in [1.54, 1.807) is 6.07 Å². The van der Waals surface area contributed by atoms with Crippen LogP contribution in [0.4, 0.5) is 0 Å². The molecule has 146 valence electrons. The number of nitrogens with zero attached hydrogens (tertiary/aromatic N) is 1. The highest BCUT2D eigenvalue weighted by atomic mass is 16.5. The summed E-state index contributed by atoms with van der Waals surface area (Å²) in [6.07, 6.45) is 6.52. The van der Waals surface area contributed by atoms with Gasteiger partial charge in [0.2, 0.25) is 0 Å². The smallest absolute Gasteiger partial charge is 0.166 e. The lowest BCUT2D eigenvalue weighted by atomic mass is 9.50. The highest BCUT2D eigenvalue weighted by Gasteiger charge is 2.69. The third kappa shape index (κ3) is 2.17. The molecule has 3 aliphatic carbocycles. The van der Waals surface area contributed by atoms with Gasteiger partial charge in [-0.2, -0.15) is 0 Å². The van der Waals surface area contributed by atoms with Crippen molar-refractivity contribution in [3.63, 3.8) is 0 Å². The minimum Gasteiger partial charge on any atom is -0.504 e. The van der Waals surface area contributed by atoms with Crippen LogP contribution in [0.15, 0.2) is 24.3 Å². The van der Waals surface area contributed by atoms with Gasteiger partial charge in [-0.1, -0.05) is 26.0 Å². The summed E-state index contributed by atoms with van der Waals surface area (Å²) in [6, 6.07) is 3.88. The first kappa shape index (κ1) is 17.6. The standard InChI is InChI=1S/C23H31NO3/c1-4-10-22-19-16-7-8-17(25)20(19)27-21(22)14(2)9-11-23(22,26)18(12-16)24(3)13-15-5-6-15/h7-8,15,18,21,25-26H,2,4-6,9-13H2,1,3H3/t18?,21?,22-,23?/m1/s1. The van der Waals surface area contributed by atoms with Gasteiger partial charge >= 0.3 is 0 Å². The Bertz CT molecular complexity index is 801. The van der Waals surface area contributed by atoms with E-state index in [-0.39, 0.29) is 17.9 Å². The van der Waals surface area contributed by atoms with E-state index in [1.807, 2.05) is 6.07 Å². The zero-order valence-corrected chi connectivity index (χ0v) is 16.5. The van der Waals surface area contributed by atoms with Crippen molar-refractivity contribution >= 4 is 0 Å². The maximum atomic E-state index is 12.4. The van der Waals surface area contributed by atoms with E-state index in [9.17, 15) is 10.2 Å². The molecule has 1 aromatic rings. The molecule has 0 aromatic heterocycles. The molecule has 0 radical (unpaired) electrons. The molecule has 0 saturated heterocycles. The van der Waals surface area contributed by atoms with Crippen molar-refractivity contribution < 1.29 is 14.9 Å². The Hall–Kier alpha value is -1.52. The predicted octanol–water partition coefficient (Wildman–Crippen LogP) is 3.54. The number of aromatic hydroxyl groups is 1. The fourth-order valence-corrected chi connectivity index (χ4v) is 6.38. The minimum atomic E-state index is -0.857. The summed E-state index contributed by atoms with van der Waals surface area (Å²) < 4.78 is 6.36. The van der Waals surface area contributed by atoms with Gasteiger partial charge in [-0.25, -0.2) is 0 Å². The quantitative estimate of drug-likeness (QED) is 0.780. The van der Waals surface area contributed by atoms with Crippen LogP contribution in [0.25, 0.3) is 0 Å². The van der Waals surface area contributed by atoms with Crippen LogP contribution in [-0.2, 0) is 11.8 Å². The average Bonchev–Trinajstić information content (AvgIpc) is 3.37. The highest BCUT2D eigenvalue weighted by molar-refractivity contribution is 5.63. The normalized spacial score (nSPS) is 36.7. The molecule has 0 spiro atoms. The number of likely N-dealkylation sites (N-methyl/N-ethyl adjacent to an activating group) is 1. The highest BCUT2D eigenvalue weighted by Crippen LogP contribution is 2.64. The molecule has 1 aliphatic heterocycles. The lowest BCUT2D eigenvalue weighted by molar-refractivity contribution is -0.144. The molecule has 27 heavy (non-hydrogen) atoms. The second kappa shape index (κ2) is 5.74. The molecule has 0 amide bonds. The maximum absolute atomic E-state index is 12.4. The summed E-state index contributed by atoms with van der Waals surface area (Å²) >= 11 is 0. The Morgan fingerprint density at radius 2 is 2.11 bits per heavy atom. The molecule has 2 N–H and O–H groups in total. The Labute approximate surface area is 161 Å². The van der Waals surface area contributed by atoms with E-state index in [4.69, 9.17) is 4.74 Å². The van der Waals surface area contributed by atoms with E-state index in [0.29, 0.717) is 5.75 Å². The van der Waals surface area contributed by atoms with E-state index < -0.39 is 11.0 Å². The first-order valence-corrected chi connectivity index (χ1v) is 10.5. The van der Waals surface area contributed by atoms with Crippen molar-refractivity contribution in [1.29, 1.82) is 0 Å². The minimum absolute atomic E-state index is 0.0758. The van der Waals surface area contributed by atoms with Crippen LogP contribution in [0.1, 0.15) is 56.6 Å². The van der Waals surface area contributed by atoms with Gasteiger partial charge < -0.3 is 14.9 Å². The lowest BCUT2D eigenvalue weighted by Crippen LogP contribution is -2.71. The molecule has 4 nitrogen and oxygen atoms in total. The Balaban J connectivity index is 1.71. The van der Waals surface area contributed by atoms with Gasteiger partial charge in [0, 0.05) is 18.2 Å². The molecule has 1 heterocycles. The summed E-state index contributed by atoms with van der Waals surface area (Å²) in [5.41, 5.74) is 1.99. The van der Waals surface area contributed by atoms with Crippen molar-refractivity contribution in [2.24, 2.45) is 5.92 Å². The third-order valence-electron chi connectivity index (χ3n) is 7.71. The van der Waals surface area contributed by atoms with Gasteiger partial charge in [0.05, 0.1) is 11.0 Å². The largest absolute Gasteiger partial charge is 0.504 e. The van der Waals surface area contributed by atoms with Gasteiger partial charge in [0.25, 0.3) is 0 Å². The van der Waals surface area contributed by atoms with Crippen LogP contribution in [0.3, 0.4) is 0 Å². The molecule has 5 rings (SSSR count). The summed E-state index contributed by atoms with van der Waals surface area (Å²) in [5.74, 6) is 1.57. The second-order valence-electron chi connectivity index (χ2n) is 9.35. The summed E-state index contributed by atoms with van der Waals surface area (Å²) in [7, 11) is 2.18. The average molecular weight is 370 g/mol. The van der Waals surface area contributed by atoms with Crippen LogP contribution >= 0.6 is 0 Å². The molecule has 2 saturated carbocycles. The first-order valence-electron chi connectivity index (χ1n) is 10.5. The van der Waals surface area contributed by atoms with Crippen molar-refractivity contribution in [3.8, 4) is 11.5 Å². The summed E-state index contributed by atoms with van der Waals surface area (Å²) in [6.45, 7) is 7.55. The van der Waals surface area contributed by atoms with E-state index in [0.717, 1.165) is 55.7 Å². The van der Waals surface area contributed by atoms with Gasteiger partial charge in [0.1, 0.15) is 6.10 Å². The van der Waals surface area contributed by atoms with Crippen LogP contribution < -0.4 is 4.74 Å². The monoisotopic (exact) mass is 369 g/mol. The molecule has 2 fully saturated rings. The zero-order chi connectivity index (χ0) is 19.0. The van der Waals surface area contributed by atoms with E-state index in [2.05, 4.69) is 25.5 Å². The van der Waals surface area contributed by atoms with Crippen molar-refractivity contribution in [3.05, 3.63) is 35.4 Å². The fraction of sp³-hybridized carbons (Fsp3) is 0.652. The van der Waals surface area contributed by atoms with Gasteiger partial charge in [-0.3, -0.25) is 4.90 Å². The number of phenolic OH excluding ortho intramolecular Hbond substituents is 1. The Morgan fingerprint density at radius 3 is 2.81 bits per heavy atom. The number of aliphatic hydroxyl groups is 1. The van der Waals surface area contributed by atoms with Gasteiger partial charge in [0.15, 0.2) is 11.5 Å². The maximum Gasteiger partial charge on any atom is 0.166 e. The molecular weight excluding hydrogens is 338 g/mol. The van der Waals surface area contributed by atoms with E-state index >= 15 is 0 Å². The summed E-state index contributed by atoms with van der Waals surface area (Å²) in [4.78, 5) is 2.41. The van der Waals surface area contributed by atoms with Crippen molar-refractivity contribution in [2.45, 2.75) is 75.0 Å². The van der Waals surface area contributed by atoms with Crippen LogP contribution in [0.5, 0.6) is 11.5 Å². The number of ether oxygens (including phenoxy) is 1. The van der Waals surface area contributed by atoms with Gasteiger partial charge in [-0.05, 0) is 68.7 Å². The molecule has 4 atom stereocenters. The molecule has 1 aromatic carbocycles. The number of rotatable bonds is 5. The molecular formula is C23H31NO3. The first-order chi connectivity index (χ1) is 12.9. The Morgan fingerprint density at radius 1 is 1.33 bits per heavy atom. The van der Waals surface area contributed by atoms with Crippen LogP contribution in [0.2, 0.25) is 0 Å². The predicted molar refractivity (Wildman–Crippen MR) is 105 cm³/mol. The zero-order valence-electron chi connectivity index (χ0n) is 16.5. The summed E-state index contributed by atoms with van der Waals surface area (Å²) in [5, 5.41) is 22.9. The number of hydrogen-bond donors (Lipinski definition) is 2. The number of benzene rings is 1. The number of phenols is 1. The SMILES string of the molecule is C=C1CCC2(O)C(N(C)CC3CC3)Cc3ccc(O)c4c3[C@]2(CCC)C1O4.